The van der Waals surface area contributed by atoms with Crippen LogP contribution in [0.15, 0.2) is 36.7 Å². The number of fused-ring (bicyclic) bond motifs is 1. The monoisotopic (exact) mass is 325 g/mol. The van der Waals surface area contributed by atoms with Crippen molar-refractivity contribution in [3.05, 3.63) is 42.2 Å². The molecule has 0 spiro atoms. The lowest BCUT2D eigenvalue weighted by atomic mass is 10.2. The minimum absolute atomic E-state index is 0.545. The molecule has 24 heavy (non-hydrogen) atoms. The zero-order chi connectivity index (χ0) is 16.4. The largest absolute Gasteiger partial charge is 0.468 e. The summed E-state index contributed by atoms with van der Waals surface area (Å²) in [5, 5.41) is 0. The molecule has 1 aliphatic rings. The summed E-state index contributed by atoms with van der Waals surface area (Å²) in [4.78, 5) is 15.7. The molecule has 1 saturated heterocycles. The van der Waals surface area contributed by atoms with Gasteiger partial charge in [0.25, 0.3) is 6.01 Å². The number of methoxy groups -OCH3 is 1. The standard InChI is InChI=1S/C17H19N5O2/c1-23-17-20-14-15(21-7-9-24-10-8-21)18-12-19-16(14)22(17)11-13-5-3-2-4-6-13/h2-6,12H,7-11H2,1H3. The smallest absolute Gasteiger partial charge is 0.298 e. The summed E-state index contributed by atoms with van der Waals surface area (Å²) in [5.41, 5.74) is 2.72. The van der Waals surface area contributed by atoms with E-state index in [0.29, 0.717) is 25.8 Å². The van der Waals surface area contributed by atoms with Crippen molar-refractivity contribution < 1.29 is 9.47 Å². The molecule has 0 N–H and O–H groups in total. The van der Waals surface area contributed by atoms with Crippen LogP contribution >= 0.6 is 0 Å². The first-order chi connectivity index (χ1) is 11.9. The number of rotatable bonds is 4. The number of morpholine rings is 1. The van der Waals surface area contributed by atoms with E-state index in [4.69, 9.17) is 9.47 Å². The van der Waals surface area contributed by atoms with Crippen LogP contribution < -0.4 is 9.64 Å². The minimum atomic E-state index is 0.545. The second kappa shape index (κ2) is 6.45. The number of anilines is 1. The summed E-state index contributed by atoms with van der Waals surface area (Å²) in [5.74, 6) is 0.841. The topological polar surface area (TPSA) is 65.3 Å². The Morgan fingerprint density at radius 3 is 2.67 bits per heavy atom. The number of nitrogens with zero attached hydrogens (tertiary/aromatic N) is 5. The highest BCUT2D eigenvalue weighted by molar-refractivity contribution is 5.84. The average molecular weight is 325 g/mol. The van der Waals surface area contributed by atoms with E-state index < -0.39 is 0 Å². The van der Waals surface area contributed by atoms with Gasteiger partial charge in [-0.3, -0.25) is 4.57 Å². The van der Waals surface area contributed by atoms with Gasteiger partial charge in [0.05, 0.1) is 26.9 Å². The summed E-state index contributed by atoms with van der Waals surface area (Å²) in [6.45, 7) is 3.67. The van der Waals surface area contributed by atoms with Crippen molar-refractivity contribution in [2.24, 2.45) is 0 Å². The van der Waals surface area contributed by atoms with Crippen molar-refractivity contribution >= 4 is 17.0 Å². The molecule has 7 heteroatoms. The maximum Gasteiger partial charge on any atom is 0.298 e. The molecule has 7 nitrogen and oxygen atoms in total. The summed E-state index contributed by atoms with van der Waals surface area (Å²) in [6.07, 6.45) is 1.59. The van der Waals surface area contributed by atoms with Gasteiger partial charge in [0.2, 0.25) is 0 Å². The highest BCUT2D eigenvalue weighted by Crippen LogP contribution is 2.27. The number of ether oxygens (including phenoxy) is 2. The highest BCUT2D eigenvalue weighted by Gasteiger charge is 2.21. The number of hydrogen-bond acceptors (Lipinski definition) is 6. The molecule has 1 fully saturated rings. The molecule has 0 atom stereocenters. The quantitative estimate of drug-likeness (QED) is 0.728. The summed E-state index contributed by atoms with van der Waals surface area (Å²) in [6, 6.07) is 10.8. The van der Waals surface area contributed by atoms with Crippen LogP contribution in [0.4, 0.5) is 5.82 Å². The SMILES string of the molecule is COc1nc2c(N3CCOCC3)ncnc2n1Cc1ccccc1. The molecule has 1 aliphatic heterocycles. The van der Waals surface area contributed by atoms with Gasteiger partial charge < -0.3 is 14.4 Å². The van der Waals surface area contributed by atoms with E-state index in [-0.39, 0.29) is 0 Å². The van der Waals surface area contributed by atoms with Gasteiger partial charge in [0, 0.05) is 13.1 Å². The third kappa shape index (κ3) is 2.67. The van der Waals surface area contributed by atoms with Gasteiger partial charge >= 0.3 is 0 Å². The Labute approximate surface area is 139 Å². The van der Waals surface area contributed by atoms with Crippen LogP contribution in [0.3, 0.4) is 0 Å². The lowest BCUT2D eigenvalue weighted by Crippen LogP contribution is -2.36. The van der Waals surface area contributed by atoms with Gasteiger partial charge in [0.1, 0.15) is 6.33 Å². The lowest BCUT2D eigenvalue weighted by Gasteiger charge is -2.27. The average Bonchev–Trinajstić information content (AvgIpc) is 3.01. The molecule has 0 saturated carbocycles. The molecule has 0 amide bonds. The van der Waals surface area contributed by atoms with Crippen LogP contribution in [0, 0.1) is 0 Å². The van der Waals surface area contributed by atoms with Gasteiger partial charge in [-0.05, 0) is 5.56 Å². The van der Waals surface area contributed by atoms with Crippen molar-refractivity contribution in [1.82, 2.24) is 19.5 Å². The van der Waals surface area contributed by atoms with Crippen molar-refractivity contribution in [2.45, 2.75) is 6.54 Å². The van der Waals surface area contributed by atoms with Crippen molar-refractivity contribution in [3.8, 4) is 6.01 Å². The molecule has 124 valence electrons. The molecular formula is C17H19N5O2. The number of benzene rings is 1. The Hall–Kier alpha value is -2.67. The van der Waals surface area contributed by atoms with Gasteiger partial charge in [-0.2, -0.15) is 4.98 Å². The fourth-order valence-electron chi connectivity index (χ4n) is 2.98. The normalized spacial score (nSPS) is 15.0. The first-order valence-corrected chi connectivity index (χ1v) is 7.98. The summed E-state index contributed by atoms with van der Waals surface area (Å²) in [7, 11) is 1.63. The van der Waals surface area contributed by atoms with Crippen molar-refractivity contribution in [2.75, 3.05) is 38.3 Å². The second-order valence-electron chi connectivity index (χ2n) is 5.64. The fraction of sp³-hybridized carbons (Fsp3) is 0.353. The Kier molecular flexibility index (Phi) is 4.00. The van der Waals surface area contributed by atoms with E-state index in [1.165, 1.54) is 5.56 Å². The fourth-order valence-corrected chi connectivity index (χ4v) is 2.98. The molecule has 3 aromatic rings. The van der Waals surface area contributed by atoms with E-state index in [1.54, 1.807) is 13.4 Å². The van der Waals surface area contributed by atoms with Crippen LogP contribution in [-0.4, -0.2) is 52.9 Å². The molecule has 2 aromatic heterocycles. The van der Waals surface area contributed by atoms with Crippen molar-refractivity contribution in [3.63, 3.8) is 0 Å². The summed E-state index contributed by atoms with van der Waals surface area (Å²) >= 11 is 0. The summed E-state index contributed by atoms with van der Waals surface area (Å²) < 4.78 is 12.9. The zero-order valence-corrected chi connectivity index (χ0v) is 13.6. The number of aromatic nitrogens is 4. The molecule has 0 radical (unpaired) electrons. The Morgan fingerprint density at radius 2 is 1.92 bits per heavy atom. The van der Waals surface area contributed by atoms with Crippen LogP contribution in [0.5, 0.6) is 6.01 Å². The Bertz CT molecular complexity index is 828. The van der Waals surface area contributed by atoms with Crippen LogP contribution in [-0.2, 0) is 11.3 Å². The third-order valence-electron chi connectivity index (χ3n) is 4.15. The van der Waals surface area contributed by atoms with Crippen LogP contribution in [0.25, 0.3) is 11.2 Å². The van der Waals surface area contributed by atoms with E-state index in [2.05, 4.69) is 32.0 Å². The molecule has 4 rings (SSSR count). The predicted octanol–water partition coefficient (Wildman–Crippen LogP) is 1.72. The van der Waals surface area contributed by atoms with Crippen LogP contribution in [0.1, 0.15) is 5.56 Å². The van der Waals surface area contributed by atoms with E-state index in [0.717, 1.165) is 30.1 Å². The molecular weight excluding hydrogens is 306 g/mol. The molecule has 0 aliphatic carbocycles. The third-order valence-corrected chi connectivity index (χ3v) is 4.15. The minimum Gasteiger partial charge on any atom is -0.468 e. The zero-order valence-electron chi connectivity index (χ0n) is 13.6. The van der Waals surface area contributed by atoms with Gasteiger partial charge in [-0.15, -0.1) is 0 Å². The lowest BCUT2D eigenvalue weighted by molar-refractivity contribution is 0.122. The first kappa shape index (κ1) is 14.9. The Balaban J connectivity index is 1.79. The van der Waals surface area contributed by atoms with Gasteiger partial charge in [0.15, 0.2) is 17.0 Å². The van der Waals surface area contributed by atoms with Crippen LogP contribution in [0.2, 0.25) is 0 Å². The van der Waals surface area contributed by atoms with Gasteiger partial charge in [-0.1, -0.05) is 30.3 Å². The van der Waals surface area contributed by atoms with E-state index >= 15 is 0 Å². The maximum absolute atomic E-state index is 5.49. The Morgan fingerprint density at radius 1 is 1.12 bits per heavy atom. The van der Waals surface area contributed by atoms with E-state index in [9.17, 15) is 0 Å². The predicted molar refractivity (Wildman–Crippen MR) is 90.5 cm³/mol. The van der Waals surface area contributed by atoms with E-state index in [1.807, 2.05) is 22.8 Å². The van der Waals surface area contributed by atoms with Crippen molar-refractivity contribution in [1.29, 1.82) is 0 Å². The number of hydrogen-bond donors (Lipinski definition) is 0. The maximum atomic E-state index is 5.49. The van der Waals surface area contributed by atoms with Gasteiger partial charge in [-0.25, -0.2) is 9.97 Å². The number of imidazole rings is 1. The molecule has 3 heterocycles. The molecule has 1 aromatic carbocycles. The second-order valence-corrected chi connectivity index (χ2v) is 5.64. The highest BCUT2D eigenvalue weighted by atomic mass is 16.5. The first-order valence-electron chi connectivity index (χ1n) is 7.98. The molecule has 0 bridgehead atoms. The molecule has 0 unspecified atom stereocenters.